The lowest BCUT2D eigenvalue weighted by Crippen LogP contribution is -2.26. The van der Waals surface area contributed by atoms with Gasteiger partial charge in [-0.15, -0.1) is 11.3 Å². The van der Waals surface area contributed by atoms with Crippen LogP contribution in [0.1, 0.15) is 39.2 Å². The zero-order chi connectivity index (χ0) is 21.2. The summed E-state index contributed by atoms with van der Waals surface area (Å²) in [5.74, 6) is 0.859. The van der Waals surface area contributed by atoms with Crippen LogP contribution in [0.4, 0.5) is 11.5 Å². The summed E-state index contributed by atoms with van der Waals surface area (Å²) in [6.07, 6.45) is 9.68. The van der Waals surface area contributed by atoms with Crippen molar-refractivity contribution in [1.82, 2.24) is 15.0 Å². The third kappa shape index (κ3) is 3.88. The van der Waals surface area contributed by atoms with E-state index in [1.54, 1.807) is 42.8 Å². The highest BCUT2D eigenvalue weighted by molar-refractivity contribution is 7.19. The van der Waals surface area contributed by atoms with E-state index >= 15 is 0 Å². The lowest BCUT2D eigenvalue weighted by atomic mass is 9.97. The lowest BCUT2D eigenvalue weighted by molar-refractivity contribution is 0.0993. The average molecular weight is 430 g/mol. The second-order valence-corrected chi connectivity index (χ2v) is 8.82. The predicted octanol–water partition coefficient (Wildman–Crippen LogP) is 4.85. The van der Waals surface area contributed by atoms with Crippen LogP contribution >= 0.6 is 11.3 Å². The molecule has 4 aromatic rings. The van der Waals surface area contributed by atoms with Gasteiger partial charge in [0.2, 0.25) is 0 Å². The van der Waals surface area contributed by atoms with Crippen LogP contribution in [0.3, 0.4) is 0 Å². The van der Waals surface area contributed by atoms with Gasteiger partial charge in [0.1, 0.15) is 17.0 Å². The first-order valence-electron chi connectivity index (χ1n) is 10.5. The van der Waals surface area contributed by atoms with E-state index in [4.69, 9.17) is 0 Å². The molecule has 1 aliphatic rings. The summed E-state index contributed by atoms with van der Waals surface area (Å²) in [7, 11) is 1.79. The highest BCUT2D eigenvalue weighted by Crippen LogP contribution is 2.38. The van der Waals surface area contributed by atoms with Crippen LogP contribution < -0.4 is 10.2 Å². The summed E-state index contributed by atoms with van der Waals surface area (Å²) in [5.41, 5.74) is 4.03. The first kappa shape index (κ1) is 19.6. The zero-order valence-electron chi connectivity index (χ0n) is 17.3. The Labute approximate surface area is 185 Å². The number of nitrogens with one attached hydrogen (secondary N) is 1. The lowest BCUT2D eigenvalue weighted by Gasteiger charge is -2.18. The number of nitrogens with zero attached hydrogens (tertiary/aromatic N) is 4. The molecule has 1 N–H and O–H groups in total. The number of carbonyl (C=O) groups is 1. The van der Waals surface area contributed by atoms with Gasteiger partial charge < -0.3 is 10.2 Å². The summed E-state index contributed by atoms with van der Waals surface area (Å²) in [5, 5.41) is 4.70. The highest BCUT2D eigenvalue weighted by Gasteiger charge is 2.19. The molecule has 5 rings (SSSR count). The van der Waals surface area contributed by atoms with E-state index in [1.165, 1.54) is 28.7 Å². The van der Waals surface area contributed by atoms with Crippen LogP contribution in [0.25, 0.3) is 10.2 Å². The van der Waals surface area contributed by atoms with Gasteiger partial charge in [0.05, 0.1) is 5.39 Å². The number of pyridine rings is 1. The molecular formula is C24H23N5OS. The SMILES string of the molecule is CN(C(=O)c1ccncc1)c1ccc(CNc2ncnc3sc4c(c23)CCCC4)cc1. The number of fused-ring (bicyclic) bond motifs is 3. The molecule has 31 heavy (non-hydrogen) atoms. The molecular weight excluding hydrogens is 406 g/mol. The normalized spacial score (nSPS) is 13.1. The molecule has 1 aliphatic carbocycles. The monoisotopic (exact) mass is 429 g/mol. The van der Waals surface area contributed by atoms with Crippen LogP contribution in [0.2, 0.25) is 0 Å². The van der Waals surface area contributed by atoms with E-state index in [0.29, 0.717) is 12.1 Å². The second kappa shape index (κ2) is 8.43. The van der Waals surface area contributed by atoms with E-state index in [9.17, 15) is 4.79 Å². The highest BCUT2D eigenvalue weighted by atomic mass is 32.1. The fraction of sp³-hybridized carbons (Fsp3) is 0.250. The van der Waals surface area contributed by atoms with E-state index in [0.717, 1.165) is 34.7 Å². The molecule has 156 valence electrons. The Bertz CT molecular complexity index is 1220. The van der Waals surface area contributed by atoms with Crippen molar-refractivity contribution in [2.24, 2.45) is 0 Å². The Hall–Kier alpha value is -3.32. The van der Waals surface area contributed by atoms with E-state index in [1.807, 2.05) is 35.6 Å². The minimum absolute atomic E-state index is 0.0566. The van der Waals surface area contributed by atoms with Gasteiger partial charge in [0.15, 0.2) is 0 Å². The first-order chi connectivity index (χ1) is 15.2. The summed E-state index contributed by atoms with van der Waals surface area (Å²) in [6, 6.07) is 11.5. The van der Waals surface area contributed by atoms with Gasteiger partial charge >= 0.3 is 0 Å². The molecule has 0 saturated carbocycles. The van der Waals surface area contributed by atoms with E-state index in [2.05, 4.69) is 20.3 Å². The molecule has 0 spiro atoms. The molecule has 0 atom stereocenters. The molecule has 0 aliphatic heterocycles. The molecule has 0 radical (unpaired) electrons. The van der Waals surface area contributed by atoms with Crippen molar-refractivity contribution in [3.05, 3.63) is 76.7 Å². The number of benzene rings is 1. The van der Waals surface area contributed by atoms with Crippen LogP contribution in [0.5, 0.6) is 0 Å². The maximum Gasteiger partial charge on any atom is 0.258 e. The molecule has 3 heterocycles. The molecule has 0 bridgehead atoms. The fourth-order valence-electron chi connectivity index (χ4n) is 4.05. The molecule has 0 fully saturated rings. The predicted molar refractivity (Wildman–Crippen MR) is 125 cm³/mol. The Morgan fingerprint density at radius 3 is 2.65 bits per heavy atom. The third-order valence-corrected chi connectivity index (χ3v) is 6.97. The molecule has 3 aromatic heterocycles. The maximum absolute atomic E-state index is 12.6. The van der Waals surface area contributed by atoms with Crippen LogP contribution in [-0.4, -0.2) is 27.9 Å². The number of aromatic nitrogens is 3. The Kier molecular flexibility index (Phi) is 5.34. The summed E-state index contributed by atoms with van der Waals surface area (Å²) < 4.78 is 0. The average Bonchev–Trinajstić information content (AvgIpc) is 3.22. The number of hydrogen-bond acceptors (Lipinski definition) is 6. The Morgan fingerprint density at radius 1 is 1.06 bits per heavy atom. The number of carbonyl (C=O) groups excluding carboxylic acids is 1. The van der Waals surface area contributed by atoms with Gasteiger partial charge in [-0.2, -0.15) is 0 Å². The number of rotatable bonds is 5. The number of aryl methyl sites for hydroxylation is 2. The van der Waals surface area contributed by atoms with Gasteiger partial charge in [0, 0.05) is 42.1 Å². The van der Waals surface area contributed by atoms with Crippen LogP contribution in [-0.2, 0) is 19.4 Å². The van der Waals surface area contributed by atoms with Crippen molar-refractivity contribution in [1.29, 1.82) is 0 Å². The largest absolute Gasteiger partial charge is 0.365 e. The topological polar surface area (TPSA) is 71.0 Å². The van der Waals surface area contributed by atoms with Gasteiger partial charge in [-0.1, -0.05) is 12.1 Å². The van der Waals surface area contributed by atoms with Crippen molar-refractivity contribution < 1.29 is 4.79 Å². The smallest absolute Gasteiger partial charge is 0.258 e. The van der Waals surface area contributed by atoms with Gasteiger partial charge in [-0.3, -0.25) is 9.78 Å². The summed E-state index contributed by atoms with van der Waals surface area (Å²) in [6.45, 7) is 0.666. The first-order valence-corrected chi connectivity index (χ1v) is 11.3. The standard InChI is InChI=1S/C24H23N5OS/c1-29(24(30)17-10-12-25-13-11-17)18-8-6-16(7-9-18)14-26-22-21-19-4-2-3-5-20(19)31-23(21)28-15-27-22/h6-13,15H,2-5,14H2,1H3,(H,26,27,28). The van der Waals surface area contributed by atoms with E-state index in [-0.39, 0.29) is 5.91 Å². The molecule has 0 unspecified atom stereocenters. The number of anilines is 2. The molecule has 7 heteroatoms. The molecule has 1 aromatic carbocycles. The van der Waals surface area contributed by atoms with E-state index < -0.39 is 0 Å². The van der Waals surface area contributed by atoms with Gasteiger partial charge in [-0.25, -0.2) is 9.97 Å². The Balaban J connectivity index is 1.31. The minimum Gasteiger partial charge on any atom is -0.365 e. The van der Waals surface area contributed by atoms with Crippen LogP contribution in [0, 0.1) is 0 Å². The van der Waals surface area contributed by atoms with Crippen molar-refractivity contribution in [3.63, 3.8) is 0 Å². The number of hydrogen-bond donors (Lipinski definition) is 1. The van der Waals surface area contributed by atoms with Gasteiger partial charge in [0.25, 0.3) is 5.91 Å². The van der Waals surface area contributed by atoms with Gasteiger partial charge in [-0.05, 0) is 61.1 Å². The number of amides is 1. The molecule has 1 amide bonds. The third-order valence-electron chi connectivity index (χ3n) is 5.77. The zero-order valence-corrected chi connectivity index (χ0v) is 18.2. The summed E-state index contributed by atoms with van der Waals surface area (Å²) in [4.78, 5) is 29.8. The fourth-order valence-corrected chi connectivity index (χ4v) is 5.28. The molecule has 6 nitrogen and oxygen atoms in total. The van der Waals surface area contributed by atoms with Crippen LogP contribution in [0.15, 0.2) is 55.1 Å². The minimum atomic E-state index is -0.0566. The van der Waals surface area contributed by atoms with Crippen molar-refractivity contribution in [3.8, 4) is 0 Å². The second-order valence-electron chi connectivity index (χ2n) is 7.73. The maximum atomic E-state index is 12.6. The van der Waals surface area contributed by atoms with Crippen molar-refractivity contribution in [2.45, 2.75) is 32.2 Å². The van der Waals surface area contributed by atoms with Crippen molar-refractivity contribution in [2.75, 3.05) is 17.3 Å². The quantitative estimate of drug-likeness (QED) is 0.491. The molecule has 0 saturated heterocycles. The van der Waals surface area contributed by atoms with Crippen molar-refractivity contribution >= 4 is 39.0 Å². The Morgan fingerprint density at radius 2 is 1.84 bits per heavy atom. The number of thiophene rings is 1. The summed E-state index contributed by atoms with van der Waals surface area (Å²) >= 11 is 1.81.